The highest BCUT2D eigenvalue weighted by Crippen LogP contribution is 2.39. The Labute approximate surface area is 171 Å². The molecule has 2 aliphatic heterocycles. The molecule has 2 heterocycles. The number of rotatable bonds is 6. The number of para-hydroxylation sites is 1. The van der Waals surface area contributed by atoms with Crippen LogP contribution in [0.2, 0.25) is 0 Å². The van der Waals surface area contributed by atoms with Gasteiger partial charge in [0.05, 0.1) is 5.54 Å². The van der Waals surface area contributed by atoms with Crippen molar-refractivity contribution in [3.05, 3.63) is 66.2 Å². The molecule has 6 nitrogen and oxygen atoms in total. The molecular weight excluding hydrogens is 368 g/mol. The Morgan fingerprint density at radius 1 is 0.931 bits per heavy atom. The highest BCUT2D eigenvalue weighted by Gasteiger charge is 2.48. The molecule has 0 unspecified atom stereocenters. The molecule has 152 valence electrons. The molecule has 0 aromatic heterocycles. The summed E-state index contributed by atoms with van der Waals surface area (Å²) in [6.45, 7) is 1.62. The highest BCUT2D eigenvalue weighted by molar-refractivity contribution is 5.79. The van der Waals surface area contributed by atoms with Gasteiger partial charge in [0.25, 0.3) is 5.91 Å². The average molecular weight is 394 g/mol. The number of hydroxylamine groups is 2. The number of carbonyl (C=O) groups excluding carboxylic acids is 2. The molecular formula is C23H26N2O4. The first-order chi connectivity index (χ1) is 14.2. The van der Waals surface area contributed by atoms with Gasteiger partial charge in [-0.2, -0.15) is 0 Å². The van der Waals surface area contributed by atoms with Crippen LogP contribution in [-0.2, 0) is 21.0 Å². The van der Waals surface area contributed by atoms with Crippen molar-refractivity contribution in [2.45, 2.75) is 37.8 Å². The lowest BCUT2D eigenvalue weighted by atomic mass is 9.86. The number of benzene rings is 2. The Balaban J connectivity index is 1.31. The third-order valence-corrected chi connectivity index (χ3v) is 5.82. The molecule has 0 N–H and O–H groups in total. The molecule has 0 atom stereocenters. The standard InChI is InChI=1S/C23H26N2O4/c26-21-11-12-23(25(21)29-17-19-7-3-1-4-8-19)13-15-24(16-14-23)22(27)18-28-20-9-5-2-6-10-20/h1-10H,11-18H2. The van der Waals surface area contributed by atoms with E-state index >= 15 is 0 Å². The Kier molecular flexibility index (Phi) is 5.81. The van der Waals surface area contributed by atoms with Crippen LogP contribution in [0.5, 0.6) is 5.75 Å². The van der Waals surface area contributed by atoms with Gasteiger partial charge in [0.2, 0.25) is 5.91 Å². The molecule has 0 bridgehead atoms. The monoisotopic (exact) mass is 394 g/mol. The lowest BCUT2D eigenvalue weighted by Crippen LogP contribution is -2.54. The van der Waals surface area contributed by atoms with E-state index in [1.165, 1.54) is 0 Å². The summed E-state index contributed by atoms with van der Waals surface area (Å²) in [5, 5.41) is 1.60. The largest absolute Gasteiger partial charge is 0.484 e. The van der Waals surface area contributed by atoms with Gasteiger partial charge >= 0.3 is 0 Å². The van der Waals surface area contributed by atoms with Crippen molar-refractivity contribution in [1.82, 2.24) is 9.96 Å². The maximum absolute atomic E-state index is 12.5. The number of piperidine rings is 1. The second-order valence-corrected chi connectivity index (χ2v) is 7.65. The van der Waals surface area contributed by atoms with E-state index in [9.17, 15) is 9.59 Å². The van der Waals surface area contributed by atoms with Crippen LogP contribution >= 0.6 is 0 Å². The van der Waals surface area contributed by atoms with E-state index in [2.05, 4.69) is 0 Å². The lowest BCUT2D eigenvalue weighted by molar-refractivity contribution is -0.222. The molecule has 0 radical (unpaired) electrons. The fourth-order valence-electron chi connectivity index (χ4n) is 4.11. The van der Waals surface area contributed by atoms with E-state index in [0.29, 0.717) is 31.9 Å². The summed E-state index contributed by atoms with van der Waals surface area (Å²) < 4.78 is 5.58. The number of likely N-dealkylation sites (tertiary alicyclic amines) is 1. The molecule has 2 saturated heterocycles. The zero-order valence-corrected chi connectivity index (χ0v) is 16.5. The summed E-state index contributed by atoms with van der Waals surface area (Å²) in [6, 6.07) is 19.2. The van der Waals surface area contributed by atoms with E-state index in [1.807, 2.05) is 65.6 Å². The van der Waals surface area contributed by atoms with Crippen LogP contribution in [0.15, 0.2) is 60.7 Å². The van der Waals surface area contributed by atoms with Gasteiger partial charge in [0, 0.05) is 19.5 Å². The Morgan fingerprint density at radius 3 is 2.28 bits per heavy atom. The Morgan fingerprint density at radius 2 is 1.59 bits per heavy atom. The van der Waals surface area contributed by atoms with Crippen molar-refractivity contribution in [3.8, 4) is 5.75 Å². The molecule has 2 aromatic rings. The summed E-state index contributed by atoms with van der Waals surface area (Å²) in [7, 11) is 0. The first kappa shape index (κ1) is 19.5. The van der Waals surface area contributed by atoms with E-state index in [4.69, 9.17) is 9.57 Å². The van der Waals surface area contributed by atoms with Gasteiger partial charge in [0.1, 0.15) is 12.4 Å². The molecule has 2 amide bonds. The summed E-state index contributed by atoms with van der Waals surface area (Å²) >= 11 is 0. The topological polar surface area (TPSA) is 59.1 Å². The predicted molar refractivity (Wildman–Crippen MR) is 108 cm³/mol. The zero-order valence-electron chi connectivity index (χ0n) is 16.5. The van der Waals surface area contributed by atoms with Crippen molar-refractivity contribution >= 4 is 11.8 Å². The van der Waals surface area contributed by atoms with Crippen molar-refractivity contribution in [3.63, 3.8) is 0 Å². The Bertz CT molecular complexity index is 832. The van der Waals surface area contributed by atoms with Crippen LogP contribution in [0.4, 0.5) is 0 Å². The maximum atomic E-state index is 12.5. The second kappa shape index (κ2) is 8.66. The minimum Gasteiger partial charge on any atom is -0.484 e. The third-order valence-electron chi connectivity index (χ3n) is 5.82. The van der Waals surface area contributed by atoms with Gasteiger partial charge in [-0.1, -0.05) is 48.5 Å². The lowest BCUT2D eigenvalue weighted by Gasteiger charge is -2.43. The van der Waals surface area contributed by atoms with Crippen LogP contribution in [0.3, 0.4) is 0 Å². The number of ether oxygens (including phenoxy) is 1. The number of nitrogens with zero attached hydrogens (tertiary/aromatic N) is 2. The van der Waals surface area contributed by atoms with Crippen LogP contribution in [-0.4, -0.2) is 47.0 Å². The van der Waals surface area contributed by atoms with Crippen molar-refractivity contribution in [2.24, 2.45) is 0 Å². The number of hydrogen-bond donors (Lipinski definition) is 0. The van der Waals surface area contributed by atoms with Gasteiger partial charge < -0.3 is 9.64 Å². The van der Waals surface area contributed by atoms with Crippen molar-refractivity contribution < 1.29 is 19.2 Å². The first-order valence-electron chi connectivity index (χ1n) is 10.1. The summed E-state index contributed by atoms with van der Waals surface area (Å²) in [4.78, 5) is 32.7. The maximum Gasteiger partial charge on any atom is 0.260 e. The van der Waals surface area contributed by atoms with Crippen LogP contribution in [0.1, 0.15) is 31.2 Å². The van der Waals surface area contributed by atoms with E-state index < -0.39 is 0 Å². The van der Waals surface area contributed by atoms with Crippen LogP contribution in [0, 0.1) is 0 Å². The molecule has 0 saturated carbocycles. The minimum absolute atomic E-state index is 0.0234. The SMILES string of the molecule is O=C(COc1ccccc1)N1CCC2(CCC(=O)N2OCc2ccccc2)CC1. The van der Waals surface area contributed by atoms with Gasteiger partial charge in [-0.15, -0.1) is 0 Å². The van der Waals surface area contributed by atoms with Crippen LogP contribution in [0.25, 0.3) is 0 Å². The van der Waals surface area contributed by atoms with Crippen molar-refractivity contribution in [1.29, 1.82) is 0 Å². The van der Waals surface area contributed by atoms with E-state index in [1.54, 1.807) is 5.06 Å². The Hall–Kier alpha value is -2.86. The molecule has 4 rings (SSSR count). The van der Waals surface area contributed by atoms with E-state index in [0.717, 1.165) is 24.8 Å². The van der Waals surface area contributed by atoms with Gasteiger partial charge in [0.15, 0.2) is 6.61 Å². The first-order valence-corrected chi connectivity index (χ1v) is 10.1. The van der Waals surface area contributed by atoms with Crippen molar-refractivity contribution in [2.75, 3.05) is 19.7 Å². The molecule has 2 aliphatic rings. The van der Waals surface area contributed by atoms with Gasteiger partial charge in [-0.05, 0) is 37.0 Å². The third kappa shape index (κ3) is 4.43. The molecule has 0 aliphatic carbocycles. The van der Waals surface area contributed by atoms with Gasteiger partial charge in [-0.3, -0.25) is 14.4 Å². The summed E-state index contributed by atoms with van der Waals surface area (Å²) in [6.07, 6.45) is 2.73. The quantitative estimate of drug-likeness (QED) is 0.755. The molecule has 2 aromatic carbocycles. The fourth-order valence-corrected chi connectivity index (χ4v) is 4.11. The zero-order chi connectivity index (χ0) is 20.1. The summed E-state index contributed by atoms with van der Waals surface area (Å²) in [5.74, 6) is 0.703. The number of hydrogen-bond acceptors (Lipinski definition) is 4. The normalized spacial score (nSPS) is 18.3. The van der Waals surface area contributed by atoms with Crippen LogP contribution < -0.4 is 4.74 Å². The molecule has 6 heteroatoms. The van der Waals surface area contributed by atoms with Gasteiger partial charge in [-0.25, -0.2) is 5.06 Å². The predicted octanol–water partition coefficient (Wildman–Crippen LogP) is 3.18. The molecule has 29 heavy (non-hydrogen) atoms. The fraction of sp³-hybridized carbons (Fsp3) is 0.391. The number of carbonyl (C=O) groups is 2. The molecule has 1 spiro atoms. The minimum atomic E-state index is -0.303. The second-order valence-electron chi connectivity index (χ2n) is 7.65. The average Bonchev–Trinajstić information content (AvgIpc) is 3.07. The highest BCUT2D eigenvalue weighted by atomic mass is 16.7. The summed E-state index contributed by atoms with van der Waals surface area (Å²) in [5.41, 5.74) is 0.733. The smallest absolute Gasteiger partial charge is 0.260 e. The number of amides is 2. The van der Waals surface area contributed by atoms with E-state index in [-0.39, 0.29) is 24.0 Å². The molecule has 2 fully saturated rings.